The van der Waals surface area contributed by atoms with E-state index in [-0.39, 0.29) is 23.4 Å². The fourth-order valence-electron chi connectivity index (χ4n) is 5.39. The number of halogens is 1. The van der Waals surface area contributed by atoms with Crippen LogP contribution in [0.5, 0.6) is 0 Å². The minimum Gasteiger partial charge on any atom is -0.352 e. The van der Waals surface area contributed by atoms with E-state index in [1.807, 2.05) is 37.3 Å². The quantitative estimate of drug-likeness (QED) is 0.286. The summed E-state index contributed by atoms with van der Waals surface area (Å²) < 4.78 is 29.2. The first kappa shape index (κ1) is 31.6. The Morgan fingerprint density at radius 3 is 2.26 bits per heavy atom. The summed E-state index contributed by atoms with van der Waals surface area (Å²) >= 11 is 6.19. The van der Waals surface area contributed by atoms with Gasteiger partial charge in [-0.05, 0) is 81.5 Å². The van der Waals surface area contributed by atoms with Gasteiger partial charge in [0.1, 0.15) is 12.6 Å². The lowest BCUT2D eigenvalue weighted by molar-refractivity contribution is -0.139. The maximum Gasteiger partial charge on any atom is 0.264 e. The smallest absolute Gasteiger partial charge is 0.264 e. The Balaban J connectivity index is 1.66. The molecule has 42 heavy (non-hydrogen) atoms. The van der Waals surface area contributed by atoms with Crippen LogP contribution in [0, 0.1) is 13.8 Å². The number of nitrogens with one attached hydrogen (secondary N) is 1. The van der Waals surface area contributed by atoms with Gasteiger partial charge in [-0.15, -0.1) is 0 Å². The number of rotatable bonds is 11. The van der Waals surface area contributed by atoms with Crippen LogP contribution in [0.3, 0.4) is 0 Å². The van der Waals surface area contributed by atoms with Gasteiger partial charge in [0.25, 0.3) is 10.0 Å². The van der Waals surface area contributed by atoms with E-state index in [9.17, 15) is 18.0 Å². The van der Waals surface area contributed by atoms with Crippen LogP contribution in [0.15, 0.2) is 77.7 Å². The molecule has 3 aromatic carbocycles. The van der Waals surface area contributed by atoms with Crippen molar-refractivity contribution in [2.45, 2.75) is 76.3 Å². The Labute approximate surface area is 254 Å². The molecular weight excluding hydrogens is 570 g/mol. The first-order valence-corrected chi connectivity index (χ1v) is 16.4. The zero-order valence-electron chi connectivity index (χ0n) is 24.6. The average Bonchev–Trinajstić information content (AvgIpc) is 2.97. The molecule has 2 amide bonds. The number of hydrogen-bond donors (Lipinski definition) is 1. The second kappa shape index (κ2) is 14.2. The first-order valence-electron chi connectivity index (χ1n) is 14.6. The molecule has 0 aliphatic heterocycles. The molecule has 1 aliphatic rings. The van der Waals surface area contributed by atoms with Gasteiger partial charge in [0.05, 0.1) is 10.6 Å². The largest absolute Gasteiger partial charge is 0.352 e. The van der Waals surface area contributed by atoms with Crippen LogP contribution in [0.2, 0.25) is 5.02 Å². The molecule has 4 rings (SSSR count). The summed E-state index contributed by atoms with van der Waals surface area (Å²) in [5, 5.41) is 3.60. The lowest BCUT2D eigenvalue weighted by Crippen LogP contribution is -2.53. The summed E-state index contributed by atoms with van der Waals surface area (Å²) in [4.78, 5) is 29.1. The summed E-state index contributed by atoms with van der Waals surface area (Å²) in [6.07, 6.45) is 5.69. The number of hydrogen-bond acceptors (Lipinski definition) is 4. The number of amides is 2. The van der Waals surface area contributed by atoms with Crippen molar-refractivity contribution in [1.82, 2.24) is 10.2 Å². The van der Waals surface area contributed by atoms with Crippen molar-refractivity contribution in [1.29, 1.82) is 0 Å². The van der Waals surface area contributed by atoms with Gasteiger partial charge in [0, 0.05) is 17.6 Å². The summed E-state index contributed by atoms with van der Waals surface area (Å²) in [5.41, 5.74) is 2.91. The first-order chi connectivity index (χ1) is 20.1. The highest BCUT2D eigenvalue weighted by Crippen LogP contribution is 2.29. The zero-order valence-corrected chi connectivity index (χ0v) is 26.1. The van der Waals surface area contributed by atoms with Gasteiger partial charge in [0.2, 0.25) is 11.8 Å². The van der Waals surface area contributed by atoms with E-state index in [1.54, 1.807) is 56.3 Å². The van der Waals surface area contributed by atoms with E-state index in [4.69, 9.17) is 11.6 Å². The van der Waals surface area contributed by atoms with Crippen LogP contribution in [-0.4, -0.2) is 50.3 Å². The molecule has 1 fully saturated rings. The molecule has 0 unspecified atom stereocenters. The Kier molecular flexibility index (Phi) is 10.7. The monoisotopic (exact) mass is 609 g/mol. The normalized spacial score (nSPS) is 14.7. The van der Waals surface area contributed by atoms with Crippen molar-refractivity contribution < 1.29 is 18.0 Å². The van der Waals surface area contributed by atoms with E-state index in [2.05, 4.69) is 5.32 Å². The molecule has 0 heterocycles. The molecule has 1 saturated carbocycles. The Morgan fingerprint density at radius 2 is 1.62 bits per heavy atom. The molecular formula is C33H40ClN3O4S. The summed E-state index contributed by atoms with van der Waals surface area (Å²) in [6, 6.07) is 20.5. The molecule has 1 atom stereocenters. The Bertz CT molecular complexity index is 1470. The number of carbonyl (C=O) groups is 2. The second-order valence-corrected chi connectivity index (χ2v) is 13.4. The summed E-state index contributed by atoms with van der Waals surface area (Å²) in [5.74, 6) is -0.679. The van der Waals surface area contributed by atoms with Crippen molar-refractivity contribution in [2.75, 3.05) is 17.4 Å². The molecule has 0 radical (unpaired) electrons. The molecule has 0 bridgehead atoms. The van der Waals surface area contributed by atoms with Crippen LogP contribution in [0.4, 0.5) is 5.69 Å². The van der Waals surface area contributed by atoms with Crippen LogP contribution >= 0.6 is 11.6 Å². The summed E-state index contributed by atoms with van der Waals surface area (Å²) in [6.45, 7) is 5.16. The van der Waals surface area contributed by atoms with Gasteiger partial charge in [-0.3, -0.25) is 13.9 Å². The SMILES string of the molecule is Cc1ccc(S(=O)(=O)N(CC(=O)N(CCc2ccccc2)[C@@H](C)C(=O)NC2CCCCC2)c2ccc(Cl)cc2C)cc1. The average molecular weight is 610 g/mol. The van der Waals surface area contributed by atoms with Gasteiger partial charge >= 0.3 is 0 Å². The third-order valence-electron chi connectivity index (χ3n) is 7.92. The number of anilines is 1. The molecule has 0 spiro atoms. The topological polar surface area (TPSA) is 86.8 Å². The molecule has 224 valence electrons. The molecule has 1 aliphatic carbocycles. The van der Waals surface area contributed by atoms with E-state index < -0.39 is 28.5 Å². The molecule has 0 saturated heterocycles. The van der Waals surface area contributed by atoms with Crippen LogP contribution < -0.4 is 9.62 Å². The molecule has 0 aromatic heterocycles. The number of nitrogens with zero attached hydrogens (tertiary/aromatic N) is 2. The van der Waals surface area contributed by atoms with Gasteiger partial charge in [-0.2, -0.15) is 0 Å². The number of aryl methyl sites for hydroxylation is 2. The highest BCUT2D eigenvalue weighted by molar-refractivity contribution is 7.92. The fourth-order valence-corrected chi connectivity index (χ4v) is 7.09. The standard InChI is InChI=1S/C33H40ClN3O4S/c1-24-14-17-30(18-15-24)42(40,41)37(31-19-16-28(34)22-25(31)2)23-32(38)36(21-20-27-10-6-4-7-11-27)26(3)33(39)35-29-12-8-5-9-13-29/h4,6-7,10-11,14-19,22,26,29H,5,8-9,12-13,20-21,23H2,1-3H3,(H,35,39)/t26-/m0/s1. The molecule has 9 heteroatoms. The lowest BCUT2D eigenvalue weighted by atomic mass is 9.95. The second-order valence-electron chi connectivity index (χ2n) is 11.1. The third-order valence-corrected chi connectivity index (χ3v) is 9.93. The van der Waals surface area contributed by atoms with Crippen molar-refractivity contribution in [3.8, 4) is 0 Å². The van der Waals surface area contributed by atoms with E-state index in [1.165, 1.54) is 11.3 Å². The van der Waals surface area contributed by atoms with Crippen molar-refractivity contribution in [3.05, 3.63) is 94.5 Å². The zero-order chi connectivity index (χ0) is 30.3. The maximum absolute atomic E-state index is 14.1. The highest BCUT2D eigenvalue weighted by Gasteiger charge is 2.33. The van der Waals surface area contributed by atoms with E-state index in [0.29, 0.717) is 22.7 Å². The molecule has 7 nitrogen and oxygen atoms in total. The van der Waals surface area contributed by atoms with E-state index >= 15 is 0 Å². The molecule has 1 N–H and O–H groups in total. The van der Waals surface area contributed by atoms with Crippen LogP contribution in [0.1, 0.15) is 55.7 Å². The number of carbonyl (C=O) groups excluding carboxylic acids is 2. The van der Waals surface area contributed by atoms with Crippen LogP contribution in [-0.2, 0) is 26.0 Å². The summed E-state index contributed by atoms with van der Waals surface area (Å²) in [7, 11) is -4.13. The number of sulfonamides is 1. The van der Waals surface area contributed by atoms with E-state index in [0.717, 1.165) is 41.1 Å². The lowest BCUT2D eigenvalue weighted by Gasteiger charge is -2.33. The minimum atomic E-state index is -4.13. The van der Waals surface area contributed by atoms with Gasteiger partial charge in [-0.25, -0.2) is 8.42 Å². The maximum atomic E-state index is 14.1. The Morgan fingerprint density at radius 1 is 0.952 bits per heavy atom. The highest BCUT2D eigenvalue weighted by atomic mass is 35.5. The van der Waals surface area contributed by atoms with Crippen molar-refractivity contribution in [3.63, 3.8) is 0 Å². The van der Waals surface area contributed by atoms with Gasteiger partial charge in [-0.1, -0.05) is 78.9 Å². The predicted molar refractivity (Wildman–Crippen MR) is 168 cm³/mol. The van der Waals surface area contributed by atoms with Crippen molar-refractivity contribution in [2.24, 2.45) is 0 Å². The third kappa shape index (κ3) is 7.92. The predicted octanol–water partition coefficient (Wildman–Crippen LogP) is 6.06. The van der Waals surface area contributed by atoms with Gasteiger partial charge < -0.3 is 10.2 Å². The number of benzene rings is 3. The molecule has 3 aromatic rings. The van der Waals surface area contributed by atoms with Crippen LogP contribution in [0.25, 0.3) is 0 Å². The van der Waals surface area contributed by atoms with Gasteiger partial charge in [0.15, 0.2) is 0 Å². The Hall–Kier alpha value is -3.36. The van der Waals surface area contributed by atoms with Crippen molar-refractivity contribution >= 4 is 39.1 Å². The fraction of sp³-hybridized carbons (Fsp3) is 0.394. The minimum absolute atomic E-state index is 0.0779.